The molecule has 5 atom stereocenters. The molecule has 18 heteroatoms. The molecule has 1 aromatic heterocycles. The van der Waals surface area contributed by atoms with Crippen molar-refractivity contribution in [3.63, 3.8) is 0 Å². The van der Waals surface area contributed by atoms with Crippen LogP contribution in [0.1, 0.15) is 133 Å². The Morgan fingerprint density at radius 2 is 1.59 bits per heavy atom. The predicted molar refractivity (Wildman–Crippen MR) is 217 cm³/mol. The van der Waals surface area contributed by atoms with E-state index < -0.39 is 89.4 Å². The lowest BCUT2D eigenvalue weighted by molar-refractivity contribution is -0.145. The molecule has 4 fully saturated rings. The number of allylic oxidation sites excluding steroid dienone is 1. The Labute approximate surface area is 348 Å². The number of aryl methyl sites for hydroxylation is 1. The fourth-order valence-corrected chi connectivity index (χ4v) is 8.63. The molecule has 2 heterocycles. The van der Waals surface area contributed by atoms with Crippen LogP contribution in [0.5, 0.6) is 0 Å². The minimum absolute atomic E-state index is 0.0384. The summed E-state index contributed by atoms with van der Waals surface area (Å²) in [6.45, 7) is 6.38. The number of aliphatic hydroxyl groups excluding tert-OH is 1. The molecule has 1 unspecified atom stereocenters. The molecule has 0 aromatic carbocycles. The van der Waals surface area contributed by atoms with Crippen molar-refractivity contribution in [1.82, 2.24) is 36.5 Å². The highest BCUT2D eigenvalue weighted by molar-refractivity contribution is 7.09. The van der Waals surface area contributed by atoms with E-state index >= 15 is 0 Å². The smallest absolute Gasteiger partial charge is 0.271 e. The van der Waals surface area contributed by atoms with Crippen molar-refractivity contribution < 1.29 is 43.5 Å². The first-order chi connectivity index (χ1) is 27.9. The molecule has 8 N–H and O–H groups in total. The first-order valence-electron chi connectivity index (χ1n) is 20.9. The van der Waals surface area contributed by atoms with E-state index in [9.17, 15) is 43.5 Å². The van der Waals surface area contributed by atoms with E-state index in [4.69, 9.17) is 5.73 Å². The third kappa shape index (κ3) is 12.5. The highest BCUT2D eigenvalue weighted by Gasteiger charge is 2.46. The number of amides is 6. The highest BCUT2D eigenvalue weighted by Crippen LogP contribution is 2.30. The number of rotatable bonds is 17. The van der Waals surface area contributed by atoms with Gasteiger partial charge in [-0.15, -0.1) is 11.3 Å². The third-order valence-electron chi connectivity index (χ3n) is 11.6. The van der Waals surface area contributed by atoms with Gasteiger partial charge in [-0.05, 0) is 81.6 Å². The van der Waals surface area contributed by atoms with Crippen LogP contribution in [0.25, 0.3) is 0 Å². The number of primary amides is 1. The number of hydrogen-bond donors (Lipinski definition) is 7. The van der Waals surface area contributed by atoms with Gasteiger partial charge in [0, 0.05) is 24.3 Å². The summed E-state index contributed by atoms with van der Waals surface area (Å²) in [7, 11) is 0. The zero-order valence-electron chi connectivity index (χ0n) is 34.5. The number of nitrogens with two attached hydrogens (primary N) is 1. The van der Waals surface area contributed by atoms with E-state index in [-0.39, 0.29) is 42.6 Å². The Bertz CT molecular complexity index is 1800. The van der Waals surface area contributed by atoms with Gasteiger partial charge < -0.3 is 37.0 Å². The fourth-order valence-electron chi connectivity index (χ4n) is 8.04. The minimum Gasteiger partial charge on any atom is -0.371 e. The lowest BCUT2D eigenvalue weighted by atomic mass is 9.83. The van der Waals surface area contributed by atoms with Crippen LogP contribution in [0.2, 0.25) is 0 Å². The van der Waals surface area contributed by atoms with E-state index in [2.05, 4.69) is 31.6 Å². The molecule has 1 saturated heterocycles. The summed E-state index contributed by atoms with van der Waals surface area (Å²) in [6.07, 6.45) is 7.35. The summed E-state index contributed by atoms with van der Waals surface area (Å²) in [6, 6.07) is -4.98. The van der Waals surface area contributed by atoms with Crippen molar-refractivity contribution in [3.05, 3.63) is 27.4 Å². The zero-order valence-corrected chi connectivity index (χ0v) is 35.3. The van der Waals surface area contributed by atoms with Crippen LogP contribution in [0, 0.1) is 18.3 Å². The lowest BCUT2D eigenvalue weighted by Gasteiger charge is -2.36. The molecular weight excluding hydrogens is 781 g/mol. The number of carbonyl (C=O) groups is 8. The van der Waals surface area contributed by atoms with Crippen molar-refractivity contribution in [2.24, 2.45) is 17.1 Å². The van der Waals surface area contributed by atoms with Gasteiger partial charge in [-0.3, -0.25) is 43.7 Å². The van der Waals surface area contributed by atoms with Gasteiger partial charge in [0.15, 0.2) is 17.8 Å². The van der Waals surface area contributed by atoms with Gasteiger partial charge in [0.1, 0.15) is 35.6 Å². The van der Waals surface area contributed by atoms with E-state index in [1.165, 1.54) is 16.7 Å². The molecule has 0 spiro atoms. The van der Waals surface area contributed by atoms with Gasteiger partial charge in [0.05, 0.1) is 11.6 Å². The number of nitrogens with one attached hydrogen (secondary N) is 5. The molecule has 6 amide bonds. The number of Topliss-reactive ketones (excluding diaryl/α,β-unsaturated/α-hetero) is 2. The fraction of sp³-hybridized carbons (Fsp3) is 0.683. The predicted octanol–water partition coefficient (Wildman–Crippen LogP) is 1.56. The van der Waals surface area contributed by atoms with E-state index in [1.807, 2.05) is 0 Å². The lowest BCUT2D eigenvalue weighted by Crippen LogP contribution is -2.61. The van der Waals surface area contributed by atoms with Crippen molar-refractivity contribution >= 4 is 58.3 Å². The Morgan fingerprint density at radius 1 is 0.932 bits per heavy atom. The number of aromatic nitrogens is 1. The van der Waals surface area contributed by atoms with Crippen LogP contribution < -0.4 is 32.3 Å². The average Bonchev–Trinajstić information content (AvgIpc) is 3.76. The van der Waals surface area contributed by atoms with Gasteiger partial charge in [0.2, 0.25) is 23.6 Å². The zero-order chi connectivity index (χ0) is 43.0. The highest BCUT2D eigenvalue weighted by atomic mass is 32.1. The van der Waals surface area contributed by atoms with Crippen LogP contribution in [0.15, 0.2) is 16.7 Å². The molecule has 1 aliphatic heterocycles. The van der Waals surface area contributed by atoms with Crippen molar-refractivity contribution in [1.29, 1.82) is 0 Å². The second kappa shape index (κ2) is 20.1. The van der Waals surface area contributed by atoms with Crippen LogP contribution in [0.4, 0.5) is 0 Å². The first kappa shape index (κ1) is 45.5. The molecule has 17 nitrogen and oxygen atoms in total. The summed E-state index contributed by atoms with van der Waals surface area (Å²) in [4.78, 5) is 114. The maximum Gasteiger partial charge on any atom is 0.271 e. The largest absolute Gasteiger partial charge is 0.371 e. The van der Waals surface area contributed by atoms with Crippen molar-refractivity contribution in [2.75, 3.05) is 6.54 Å². The topological polar surface area (TPSA) is 259 Å². The van der Waals surface area contributed by atoms with Gasteiger partial charge in [-0.1, -0.05) is 46.5 Å². The maximum absolute atomic E-state index is 14.5. The monoisotopic (exact) mass is 840 g/mol. The first-order valence-corrected chi connectivity index (χ1v) is 21.8. The van der Waals surface area contributed by atoms with Crippen molar-refractivity contribution in [3.8, 4) is 0 Å². The minimum atomic E-state index is -1.44. The third-order valence-corrected chi connectivity index (χ3v) is 12.3. The number of likely N-dealkylation sites (tertiary alicyclic amines) is 1. The molecule has 0 bridgehead atoms. The normalized spacial score (nSPS) is 20.8. The summed E-state index contributed by atoms with van der Waals surface area (Å²) < 4.78 is 0. The Balaban J connectivity index is 1.34. The van der Waals surface area contributed by atoms with Crippen LogP contribution in [0.3, 0.4) is 0 Å². The van der Waals surface area contributed by atoms with Crippen LogP contribution in [-0.2, 0) is 33.6 Å². The standard InChI is InChI=1S/C41H60N8O9S/c1-22-43-28(21-59-22)36(54)45-27(17-18-30(51)38(56)44-25-15-16-25)35(53)48-33(41(2,3)4)40(58)49-20-26(50)19-29(49)37(55)47-32(24-13-9-6-10-14-24)39(57)46-31(34(42)52)23-11-7-5-8-12-23/h21,24-25,27,29,32-33,38,44,56H,5-20H2,1-4H3,(H2,42,52)(H,45,54)(H,46,57)(H,47,55)(H,48,53)/t27-,29-,32-,33+,38?/m0/s1. The number of carbonyl (C=O) groups excluding carboxylic acids is 8. The average molecular weight is 841 g/mol. The molecule has 4 aliphatic rings. The van der Waals surface area contributed by atoms with Gasteiger partial charge >= 0.3 is 0 Å². The number of hydrogen-bond acceptors (Lipinski definition) is 12. The molecular formula is C41H60N8O9S. The number of nitrogens with zero attached hydrogens (tertiary/aromatic N) is 2. The number of aliphatic hydroxyl groups is 1. The Hall–Kier alpha value is -4.55. The van der Waals surface area contributed by atoms with E-state index in [1.54, 1.807) is 27.7 Å². The molecule has 324 valence electrons. The van der Waals surface area contributed by atoms with E-state index in [0.717, 1.165) is 61.8 Å². The van der Waals surface area contributed by atoms with E-state index in [0.29, 0.717) is 30.7 Å². The summed E-state index contributed by atoms with van der Waals surface area (Å²) in [5.74, 6) is -5.50. The Morgan fingerprint density at radius 3 is 2.19 bits per heavy atom. The molecule has 3 aliphatic carbocycles. The maximum atomic E-state index is 14.5. The quantitative estimate of drug-likeness (QED) is 0.0875. The second-order valence-electron chi connectivity index (χ2n) is 17.4. The summed E-state index contributed by atoms with van der Waals surface area (Å²) in [5.41, 5.74) is 5.63. The van der Waals surface area contributed by atoms with Crippen molar-refractivity contribution in [2.45, 2.75) is 160 Å². The van der Waals surface area contributed by atoms with Gasteiger partial charge in [0.25, 0.3) is 11.8 Å². The number of thiazole rings is 1. The second-order valence-corrected chi connectivity index (χ2v) is 18.5. The molecule has 1 aromatic rings. The molecule has 59 heavy (non-hydrogen) atoms. The van der Waals surface area contributed by atoms with Gasteiger partial charge in [-0.2, -0.15) is 0 Å². The number of ketones is 2. The SMILES string of the molecule is Cc1nc(C(=O)N[C@@H](CCC(=O)C(O)NC2CC2)C(=O)N[C@H](C(=O)N2CC(=O)C[C@H]2C(=O)N[C@H](C(=O)NC(C(N)=O)=C2CCCCC2)C2CCCCC2)C(C)(C)C)cs1. The summed E-state index contributed by atoms with van der Waals surface area (Å²) in [5, 5.41) is 26.2. The van der Waals surface area contributed by atoms with Gasteiger partial charge in [-0.25, -0.2) is 4.98 Å². The van der Waals surface area contributed by atoms with Crippen LogP contribution >= 0.6 is 11.3 Å². The molecule has 0 radical (unpaired) electrons. The summed E-state index contributed by atoms with van der Waals surface area (Å²) >= 11 is 1.24. The Kier molecular flexibility index (Phi) is 15.5. The van der Waals surface area contributed by atoms with Crippen LogP contribution in [-0.4, -0.2) is 105 Å². The molecule has 5 rings (SSSR count). The molecule has 3 saturated carbocycles.